The van der Waals surface area contributed by atoms with E-state index in [1.807, 2.05) is 11.8 Å². The Morgan fingerprint density at radius 2 is 2.29 bits per heavy atom. The molecule has 0 aromatic carbocycles. The fraction of sp³-hybridized carbons (Fsp3) is 0.900. The van der Waals surface area contributed by atoms with Crippen LogP contribution in [0.4, 0.5) is 0 Å². The Morgan fingerprint density at radius 3 is 2.71 bits per heavy atom. The van der Waals surface area contributed by atoms with Gasteiger partial charge in [-0.15, -0.1) is 0 Å². The van der Waals surface area contributed by atoms with Gasteiger partial charge in [-0.25, -0.2) is 0 Å². The third kappa shape index (κ3) is 1.77. The molecule has 2 aliphatic heterocycles. The summed E-state index contributed by atoms with van der Waals surface area (Å²) in [5, 5.41) is 3.20. The maximum absolute atomic E-state index is 12.0. The number of carbonyl (C=O) groups excluding carboxylic acids is 1. The molecule has 2 unspecified atom stereocenters. The number of hydrogen-bond acceptors (Lipinski definition) is 3. The summed E-state index contributed by atoms with van der Waals surface area (Å²) in [5.41, 5.74) is 5.78. The minimum atomic E-state index is 0.168. The fourth-order valence-corrected chi connectivity index (χ4v) is 2.14. The summed E-state index contributed by atoms with van der Waals surface area (Å²) >= 11 is 0. The molecular formula is C10H19N3O. The van der Waals surface area contributed by atoms with Gasteiger partial charge in [0.1, 0.15) is 0 Å². The summed E-state index contributed by atoms with van der Waals surface area (Å²) < 4.78 is 0. The second-order valence-electron chi connectivity index (χ2n) is 4.54. The van der Waals surface area contributed by atoms with Crippen LogP contribution in [-0.4, -0.2) is 43.0 Å². The van der Waals surface area contributed by atoms with Gasteiger partial charge in [0.15, 0.2) is 0 Å². The number of likely N-dealkylation sites (tertiary alicyclic amines) is 1. The Labute approximate surface area is 84.8 Å². The van der Waals surface area contributed by atoms with E-state index in [1.54, 1.807) is 0 Å². The highest BCUT2D eigenvalue weighted by atomic mass is 16.2. The van der Waals surface area contributed by atoms with Crippen LogP contribution in [0, 0.1) is 11.8 Å². The molecule has 4 nitrogen and oxygen atoms in total. The van der Waals surface area contributed by atoms with Gasteiger partial charge in [-0.1, -0.05) is 6.92 Å². The van der Waals surface area contributed by atoms with Gasteiger partial charge in [0, 0.05) is 25.0 Å². The molecule has 2 saturated heterocycles. The van der Waals surface area contributed by atoms with Crippen molar-refractivity contribution < 1.29 is 4.79 Å². The number of hydrogen-bond donors (Lipinski definition) is 2. The lowest BCUT2D eigenvalue weighted by Crippen LogP contribution is -2.50. The molecule has 4 heteroatoms. The quantitative estimate of drug-likeness (QED) is 0.621. The molecule has 0 aromatic rings. The first-order valence-corrected chi connectivity index (χ1v) is 5.43. The molecular weight excluding hydrogens is 178 g/mol. The normalized spacial score (nSPS) is 30.1. The first kappa shape index (κ1) is 9.93. The van der Waals surface area contributed by atoms with E-state index in [4.69, 9.17) is 5.73 Å². The van der Waals surface area contributed by atoms with Gasteiger partial charge in [0.25, 0.3) is 0 Å². The van der Waals surface area contributed by atoms with Crippen molar-refractivity contribution in [3.05, 3.63) is 0 Å². The highest BCUT2D eigenvalue weighted by Gasteiger charge is 2.33. The Bertz CT molecular complexity index is 223. The molecule has 0 bridgehead atoms. The number of nitrogens with one attached hydrogen (secondary N) is 1. The van der Waals surface area contributed by atoms with Crippen molar-refractivity contribution in [2.24, 2.45) is 17.6 Å². The van der Waals surface area contributed by atoms with Gasteiger partial charge in [0.05, 0.1) is 0 Å². The van der Waals surface area contributed by atoms with Crippen LogP contribution in [-0.2, 0) is 4.79 Å². The lowest BCUT2D eigenvalue weighted by Gasteiger charge is -2.33. The highest BCUT2D eigenvalue weighted by Crippen LogP contribution is 2.20. The van der Waals surface area contributed by atoms with Crippen LogP contribution in [0.3, 0.4) is 0 Å². The molecule has 2 fully saturated rings. The van der Waals surface area contributed by atoms with E-state index in [0.717, 1.165) is 32.6 Å². The monoisotopic (exact) mass is 197 g/mol. The van der Waals surface area contributed by atoms with Crippen LogP contribution in [0.15, 0.2) is 0 Å². The minimum Gasteiger partial charge on any atom is -0.341 e. The molecule has 0 aromatic heterocycles. The minimum absolute atomic E-state index is 0.168. The fourth-order valence-electron chi connectivity index (χ4n) is 2.14. The second kappa shape index (κ2) is 3.87. The number of amides is 1. The molecule has 2 heterocycles. The van der Waals surface area contributed by atoms with Gasteiger partial charge >= 0.3 is 0 Å². The zero-order chi connectivity index (χ0) is 10.1. The number of carbonyl (C=O) groups is 1. The molecule has 80 valence electrons. The van der Waals surface area contributed by atoms with Crippen molar-refractivity contribution in [3.8, 4) is 0 Å². The van der Waals surface area contributed by atoms with Gasteiger partial charge in [0.2, 0.25) is 5.91 Å². The maximum atomic E-state index is 12.0. The summed E-state index contributed by atoms with van der Waals surface area (Å²) in [4.78, 5) is 13.9. The zero-order valence-corrected chi connectivity index (χ0v) is 8.70. The smallest absolute Gasteiger partial charge is 0.225 e. The second-order valence-corrected chi connectivity index (χ2v) is 4.54. The number of nitrogens with two attached hydrogens (primary N) is 1. The summed E-state index contributed by atoms with van der Waals surface area (Å²) in [6.07, 6.45) is 0.960. The molecule has 0 spiro atoms. The van der Waals surface area contributed by atoms with Gasteiger partial charge < -0.3 is 16.0 Å². The molecule has 0 radical (unpaired) electrons. The number of rotatable bonds is 2. The van der Waals surface area contributed by atoms with E-state index >= 15 is 0 Å². The van der Waals surface area contributed by atoms with Gasteiger partial charge in [-0.3, -0.25) is 4.79 Å². The Hall–Kier alpha value is -0.610. The molecule has 2 rings (SSSR count). The first-order chi connectivity index (χ1) is 6.68. The van der Waals surface area contributed by atoms with Crippen molar-refractivity contribution in [1.82, 2.24) is 10.2 Å². The zero-order valence-electron chi connectivity index (χ0n) is 8.70. The van der Waals surface area contributed by atoms with E-state index in [2.05, 4.69) is 5.32 Å². The maximum Gasteiger partial charge on any atom is 0.225 e. The van der Waals surface area contributed by atoms with Crippen molar-refractivity contribution >= 4 is 5.91 Å². The Morgan fingerprint density at radius 1 is 1.57 bits per heavy atom. The van der Waals surface area contributed by atoms with Crippen molar-refractivity contribution in [1.29, 1.82) is 0 Å². The van der Waals surface area contributed by atoms with Crippen LogP contribution < -0.4 is 11.1 Å². The van der Waals surface area contributed by atoms with Crippen molar-refractivity contribution in [2.75, 3.05) is 26.2 Å². The topological polar surface area (TPSA) is 58.4 Å². The highest BCUT2D eigenvalue weighted by molar-refractivity contribution is 5.79. The van der Waals surface area contributed by atoms with E-state index in [-0.39, 0.29) is 12.0 Å². The van der Waals surface area contributed by atoms with E-state index in [0.29, 0.717) is 11.8 Å². The Balaban J connectivity index is 1.87. The lowest BCUT2D eigenvalue weighted by atomic mass is 9.88. The first-order valence-electron chi connectivity index (χ1n) is 5.43. The Kier molecular flexibility index (Phi) is 2.74. The predicted molar refractivity (Wildman–Crippen MR) is 54.7 cm³/mol. The predicted octanol–water partition coefficient (Wildman–Crippen LogP) is -0.598. The largest absolute Gasteiger partial charge is 0.341 e. The molecule has 2 atom stereocenters. The standard InChI is InChI=1S/C10H19N3O/c1-7(8-4-12-5-8)10(14)13-3-2-9(11)6-13/h7-9,12H,2-6,11H2,1H3. The third-order valence-electron chi connectivity index (χ3n) is 3.45. The van der Waals surface area contributed by atoms with E-state index in [9.17, 15) is 4.79 Å². The van der Waals surface area contributed by atoms with Crippen molar-refractivity contribution in [2.45, 2.75) is 19.4 Å². The SMILES string of the molecule is CC(C(=O)N1CCC(N)C1)C1CNC1. The van der Waals surface area contributed by atoms with Crippen LogP contribution in [0.2, 0.25) is 0 Å². The number of nitrogens with zero attached hydrogens (tertiary/aromatic N) is 1. The van der Waals surface area contributed by atoms with Crippen LogP contribution in [0.1, 0.15) is 13.3 Å². The molecule has 0 aliphatic carbocycles. The summed E-state index contributed by atoms with van der Waals surface area (Å²) in [5.74, 6) is 1.00. The molecule has 2 aliphatic rings. The average molecular weight is 197 g/mol. The lowest BCUT2D eigenvalue weighted by molar-refractivity contribution is -0.136. The van der Waals surface area contributed by atoms with Gasteiger partial charge in [-0.05, 0) is 25.4 Å². The molecule has 14 heavy (non-hydrogen) atoms. The van der Waals surface area contributed by atoms with Gasteiger partial charge in [-0.2, -0.15) is 0 Å². The third-order valence-corrected chi connectivity index (χ3v) is 3.45. The van der Waals surface area contributed by atoms with Crippen LogP contribution >= 0.6 is 0 Å². The summed E-state index contributed by atoms with van der Waals surface area (Å²) in [6.45, 7) is 5.63. The van der Waals surface area contributed by atoms with E-state index < -0.39 is 0 Å². The molecule has 3 N–H and O–H groups in total. The molecule has 0 saturated carbocycles. The van der Waals surface area contributed by atoms with E-state index in [1.165, 1.54) is 0 Å². The summed E-state index contributed by atoms with van der Waals surface area (Å²) in [7, 11) is 0. The van der Waals surface area contributed by atoms with Crippen LogP contribution in [0.5, 0.6) is 0 Å². The summed E-state index contributed by atoms with van der Waals surface area (Å²) in [6, 6.07) is 0.200. The molecule has 1 amide bonds. The van der Waals surface area contributed by atoms with Crippen LogP contribution in [0.25, 0.3) is 0 Å². The average Bonchev–Trinajstić information content (AvgIpc) is 2.47. The van der Waals surface area contributed by atoms with Crippen molar-refractivity contribution in [3.63, 3.8) is 0 Å².